The van der Waals surface area contributed by atoms with Crippen molar-refractivity contribution in [2.24, 2.45) is 5.92 Å². The lowest BCUT2D eigenvalue weighted by Gasteiger charge is -2.19. The molecule has 10 heteroatoms. The molecule has 3 heterocycles. The molecule has 25 heavy (non-hydrogen) atoms. The first-order valence-electron chi connectivity index (χ1n) is 8.18. The van der Waals surface area contributed by atoms with Gasteiger partial charge < -0.3 is 34.1 Å². The van der Waals surface area contributed by atoms with Gasteiger partial charge >= 0.3 is 8.60 Å². The quantitative estimate of drug-likeness (QED) is 0.472. The number of aliphatic hydroxyl groups is 1. The lowest BCUT2D eigenvalue weighted by Crippen LogP contribution is -2.16. The topological polar surface area (TPSA) is 125 Å². The number of anilines is 1. The Labute approximate surface area is 146 Å². The van der Waals surface area contributed by atoms with Crippen molar-refractivity contribution >= 4 is 25.5 Å². The van der Waals surface area contributed by atoms with Crippen LogP contribution in [0.25, 0.3) is 11.0 Å². The van der Waals surface area contributed by atoms with Gasteiger partial charge in [0.2, 0.25) is 0 Å². The van der Waals surface area contributed by atoms with E-state index >= 15 is 0 Å². The van der Waals surface area contributed by atoms with Crippen LogP contribution < -0.4 is 5.73 Å². The molecule has 0 amide bonds. The molecule has 0 spiro atoms. The van der Waals surface area contributed by atoms with E-state index in [1.165, 1.54) is 6.33 Å². The van der Waals surface area contributed by atoms with E-state index in [0.29, 0.717) is 12.2 Å². The predicted octanol–water partition coefficient (Wildman–Crippen LogP) is 1.57. The number of nitrogens with two attached hydrogens (primary N) is 1. The number of hydrogen-bond donors (Lipinski definition) is 3. The van der Waals surface area contributed by atoms with E-state index in [4.69, 9.17) is 24.6 Å². The molecule has 1 aliphatic heterocycles. The molecule has 0 aliphatic carbocycles. The highest BCUT2D eigenvalue weighted by molar-refractivity contribution is 7.40. The molecule has 2 aromatic rings. The maximum absolute atomic E-state index is 9.67. The van der Waals surface area contributed by atoms with E-state index in [2.05, 4.69) is 16.9 Å². The SMILES string of the molecule is CC1CC(COP(O)OCCCO)OC1n1ccc2c(N)ncnc21. The summed E-state index contributed by atoms with van der Waals surface area (Å²) < 4.78 is 18.5. The molecule has 9 nitrogen and oxygen atoms in total. The molecule has 2 aromatic heterocycles. The molecule has 4 atom stereocenters. The molecule has 3 rings (SSSR count). The van der Waals surface area contributed by atoms with Crippen LogP contribution >= 0.6 is 8.60 Å². The zero-order valence-electron chi connectivity index (χ0n) is 14.0. The summed E-state index contributed by atoms with van der Waals surface area (Å²) in [5, 5.41) is 9.49. The number of aromatic nitrogens is 3. The average molecular weight is 370 g/mol. The molecule has 4 unspecified atom stereocenters. The second kappa shape index (κ2) is 8.35. The molecule has 1 fully saturated rings. The third-order valence-electron chi connectivity index (χ3n) is 4.14. The maximum atomic E-state index is 9.67. The summed E-state index contributed by atoms with van der Waals surface area (Å²) in [5.74, 6) is 0.695. The lowest BCUT2D eigenvalue weighted by molar-refractivity contribution is -0.0273. The number of nitrogen functional groups attached to an aromatic ring is 1. The summed E-state index contributed by atoms with van der Waals surface area (Å²) in [6.45, 7) is 2.63. The second-order valence-corrected chi connectivity index (χ2v) is 7.02. The number of rotatable bonds is 8. The largest absolute Gasteiger partial charge is 0.396 e. The van der Waals surface area contributed by atoms with E-state index in [9.17, 15) is 4.89 Å². The Morgan fingerprint density at radius 2 is 2.28 bits per heavy atom. The second-order valence-electron chi connectivity index (χ2n) is 6.02. The van der Waals surface area contributed by atoms with E-state index < -0.39 is 8.60 Å². The van der Waals surface area contributed by atoms with Crippen molar-refractivity contribution in [2.45, 2.75) is 32.1 Å². The zero-order valence-corrected chi connectivity index (χ0v) is 14.9. The van der Waals surface area contributed by atoms with Gasteiger partial charge in [-0.15, -0.1) is 0 Å². The van der Waals surface area contributed by atoms with E-state index in [0.717, 1.165) is 17.5 Å². The summed E-state index contributed by atoms with van der Waals surface area (Å²) in [6.07, 6.45) is 4.28. The molecule has 1 saturated heterocycles. The Morgan fingerprint density at radius 1 is 1.44 bits per heavy atom. The summed E-state index contributed by atoms with van der Waals surface area (Å²) in [7, 11) is -1.95. The molecule has 138 valence electrons. The van der Waals surface area contributed by atoms with Crippen LogP contribution in [0, 0.1) is 5.92 Å². The van der Waals surface area contributed by atoms with Gasteiger partial charge in [-0.05, 0) is 18.9 Å². The van der Waals surface area contributed by atoms with Gasteiger partial charge in [-0.3, -0.25) is 0 Å². The molecular formula is C15H23N4O5P. The van der Waals surface area contributed by atoms with Crippen LogP contribution in [0.15, 0.2) is 18.6 Å². The van der Waals surface area contributed by atoms with Crippen LogP contribution in [0.3, 0.4) is 0 Å². The highest BCUT2D eigenvalue weighted by atomic mass is 31.2. The molecule has 0 bridgehead atoms. The highest BCUT2D eigenvalue weighted by Gasteiger charge is 2.35. The van der Waals surface area contributed by atoms with Gasteiger partial charge in [-0.2, -0.15) is 0 Å². The third kappa shape index (κ3) is 4.25. The molecule has 4 N–H and O–H groups in total. The molecule has 1 aliphatic rings. The first kappa shape index (κ1) is 18.4. The minimum atomic E-state index is -1.95. The molecule has 0 aromatic carbocycles. The van der Waals surface area contributed by atoms with Crippen LogP contribution in [-0.4, -0.2) is 50.5 Å². The average Bonchev–Trinajstić information content (AvgIpc) is 3.17. The Morgan fingerprint density at radius 3 is 3.08 bits per heavy atom. The lowest BCUT2D eigenvalue weighted by atomic mass is 10.1. The van der Waals surface area contributed by atoms with Crippen molar-refractivity contribution < 1.29 is 23.8 Å². The van der Waals surface area contributed by atoms with Crippen LogP contribution in [0.5, 0.6) is 0 Å². The van der Waals surface area contributed by atoms with Crippen molar-refractivity contribution in [1.29, 1.82) is 0 Å². The molecule has 0 radical (unpaired) electrons. The highest BCUT2D eigenvalue weighted by Crippen LogP contribution is 2.39. The van der Waals surface area contributed by atoms with Gasteiger partial charge in [0, 0.05) is 18.7 Å². The van der Waals surface area contributed by atoms with E-state index in [-0.39, 0.29) is 38.1 Å². The van der Waals surface area contributed by atoms with Crippen LogP contribution in [0.4, 0.5) is 5.82 Å². The molecular weight excluding hydrogens is 347 g/mol. The fourth-order valence-corrected chi connectivity index (χ4v) is 3.61. The maximum Gasteiger partial charge on any atom is 0.329 e. The normalized spacial score (nSPS) is 24.8. The van der Waals surface area contributed by atoms with Gasteiger partial charge in [0.05, 0.1) is 24.7 Å². The van der Waals surface area contributed by atoms with Crippen molar-refractivity contribution in [1.82, 2.24) is 14.5 Å². The third-order valence-corrected chi connectivity index (χ3v) is 4.92. The Kier molecular flexibility index (Phi) is 6.16. The Balaban J connectivity index is 1.59. The number of hydrogen-bond acceptors (Lipinski definition) is 8. The van der Waals surface area contributed by atoms with E-state index in [1.807, 2.05) is 16.8 Å². The van der Waals surface area contributed by atoms with Gasteiger partial charge in [-0.25, -0.2) is 9.97 Å². The first-order valence-corrected chi connectivity index (χ1v) is 9.31. The van der Waals surface area contributed by atoms with Gasteiger partial charge in [-0.1, -0.05) is 6.92 Å². The van der Waals surface area contributed by atoms with Crippen molar-refractivity contribution in [3.05, 3.63) is 18.6 Å². The first-order chi connectivity index (χ1) is 12.1. The summed E-state index contributed by atoms with van der Waals surface area (Å²) >= 11 is 0. The van der Waals surface area contributed by atoms with Crippen LogP contribution in [0.2, 0.25) is 0 Å². The predicted molar refractivity (Wildman–Crippen MR) is 92.4 cm³/mol. The van der Waals surface area contributed by atoms with E-state index in [1.54, 1.807) is 0 Å². The number of ether oxygens (including phenoxy) is 1. The van der Waals surface area contributed by atoms with Crippen molar-refractivity contribution in [2.75, 3.05) is 25.6 Å². The summed E-state index contributed by atoms with van der Waals surface area (Å²) in [4.78, 5) is 18.0. The monoisotopic (exact) mass is 370 g/mol. The smallest absolute Gasteiger partial charge is 0.329 e. The Hall–Kier alpha value is -1.35. The summed E-state index contributed by atoms with van der Waals surface area (Å²) in [6, 6.07) is 1.88. The summed E-state index contributed by atoms with van der Waals surface area (Å²) in [5.41, 5.74) is 6.62. The minimum absolute atomic E-state index is 0.0208. The standard InChI is InChI=1S/C15H23N4O5P/c1-10-7-11(8-23-25(21)22-6-2-5-20)24-15(10)19-4-3-12-13(16)17-9-18-14(12)19/h3-4,9-11,15,20-21H,2,5-8H2,1H3,(H2,16,17,18). The van der Waals surface area contributed by atoms with Crippen molar-refractivity contribution in [3.8, 4) is 0 Å². The van der Waals surface area contributed by atoms with Crippen LogP contribution in [0.1, 0.15) is 26.0 Å². The van der Waals surface area contributed by atoms with Gasteiger partial charge in [0.15, 0.2) is 0 Å². The van der Waals surface area contributed by atoms with Gasteiger partial charge in [0.1, 0.15) is 24.0 Å². The van der Waals surface area contributed by atoms with Crippen molar-refractivity contribution in [3.63, 3.8) is 0 Å². The Bertz CT molecular complexity index is 700. The fourth-order valence-electron chi connectivity index (χ4n) is 2.95. The minimum Gasteiger partial charge on any atom is -0.396 e. The van der Waals surface area contributed by atoms with Crippen LogP contribution in [-0.2, 0) is 13.8 Å². The molecule has 0 saturated carbocycles. The fraction of sp³-hybridized carbons (Fsp3) is 0.600. The number of aliphatic hydroxyl groups excluding tert-OH is 1. The van der Waals surface area contributed by atoms with Gasteiger partial charge in [0.25, 0.3) is 0 Å². The number of nitrogens with zero attached hydrogens (tertiary/aromatic N) is 3. The zero-order chi connectivity index (χ0) is 17.8. The number of fused-ring (bicyclic) bond motifs is 1.